The van der Waals surface area contributed by atoms with Gasteiger partial charge >= 0.3 is 0 Å². The molecule has 3 aromatic carbocycles. The van der Waals surface area contributed by atoms with Gasteiger partial charge in [0, 0.05) is 21.1 Å². The van der Waals surface area contributed by atoms with Gasteiger partial charge in [0.2, 0.25) is 15.9 Å². The maximum atomic E-state index is 12.8. The minimum atomic E-state index is -3.81. The third kappa shape index (κ3) is 6.24. The number of benzene rings is 3. The van der Waals surface area contributed by atoms with Crippen LogP contribution in [0.15, 0.2) is 92.7 Å². The van der Waals surface area contributed by atoms with Gasteiger partial charge in [-0.3, -0.25) is 4.79 Å². The zero-order valence-electron chi connectivity index (χ0n) is 15.2. The summed E-state index contributed by atoms with van der Waals surface area (Å²) < 4.78 is 30.0. The first-order valence-electron chi connectivity index (χ1n) is 8.72. The van der Waals surface area contributed by atoms with E-state index in [0.717, 1.165) is 8.95 Å². The zero-order valence-corrected chi connectivity index (χ0v) is 19.2. The topological polar surface area (TPSA) is 75.3 Å². The lowest BCUT2D eigenvalue weighted by molar-refractivity contribution is -0.116. The fourth-order valence-electron chi connectivity index (χ4n) is 2.71. The molecule has 1 atom stereocenters. The number of anilines is 1. The van der Waals surface area contributed by atoms with Crippen molar-refractivity contribution in [2.45, 2.75) is 17.4 Å². The smallest absolute Gasteiger partial charge is 0.241 e. The van der Waals surface area contributed by atoms with Crippen LogP contribution in [0.5, 0.6) is 0 Å². The normalized spacial score (nSPS) is 12.3. The fraction of sp³-hybridized carbons (Fsp3) is 0.0952. The molecule has 2 N–H and O–H groups in total. The van der Waals surface area contributed by atoms with Crippen molar-refractivity contribution in [2.24, 2.45) is 0 Å². The first-order valence-corrected chi connectivity index (χ1v) is 11.8. The Hall–Kier alpha value is -2.00. The SMILES string of the molecule is O=C(CC(NS(=O)(=O)c1ccc(Br)cc1)c1ccccc1)Nc1ccc(Br)cc1. The largest absolute Gasteiger partial charge is 0.326 e. The molecular weight excluding hydrogens is 520 g/mol. The second-order valence-corrected chi connectivity index (χ2v) is 9.84. The second-order valence-electron chi connectivity index (χ2n) is 6.30. The summed E-state index contributed by atoms with van der Waals surface area (Å²) in [6, 6.07) is 21.9. The fourth-order valence-corrected chi connectivity index (χ4v) is 4.47. The summed E-state index contributed by atoms with van der Waals surface area (Å²) >= 11 is 6.65. The summed E-state index contributed by atoms with van der Waals surface area (Å²) in [5, 5.41) is 2.80. The number of nitrogens with one attached hydrogen (secondary N) is 2. The predicted octanol–water partition coefficient (Wildman–Crippen LogP) is 5.26. The molecule has 0 aliphatic rings. The molecule has 0 saturated carbocycles. The second kappa shape index (κ2) is 9.67. The quantitative estimate of drug-likeness (QED) is 0.431. The van der Waals surface area contributed by atoms with E-state index in [4.69, 9.17) is 0 Å². The average molecular weight is 538 g/mol. The summed E-state index contributed by atoms with van der Waals surface area (Å²) in [4.78, 5) is 12.7. The van der Waals surface area contributed by atoms with E-state index >= 15 is 0 Å². The highest BCUT2D eigenvalue weighted by Gasteiger charge is 2.23. The number of halogens is 2. The summed E-state index contributed by atoms with van der Waals surface area (Å²) in [5.41, 5.74) is 1.35. The lowest BCUT2D eigenvalue weighted by atomic mass is 10.0. The van der Waals surface area contributed by atoms with Crippen LogP contribution < -0.4 is 10.0 Å². The molecule has 29 heavy (non-hydrogen) atoms. The van der Waals surface area contributed by atoms with E-state index in [1.807, 2.05) is 30.3 Å². The Kier molecular flexibility index (Phi) is 7.23. The van der Waals surface area contributed by atoms with E-state index in [1.54, 1.807) is 36.4 Å². The van der Waals surface area contributed by atoms with E-state index in [0.29, 0.717) is 11.3 Å². The van der Waals surface area contributed by atoms with Crippen LogP contribution in [0.2, 0.25) is 0 Å². The van der Waals surface area contributed by atoms with Gasteiger partial charge in [-0.1, -0.05) is 62.2 Å². The average Bonchev–Trinajstić information content (AvgIpc) is 2.70. The van der Waals surface area contributed by atoms with Gasteiger partial charge in [0.15, 0.2) is 0 Å². The van der Waals surface area contributed by atoms with Crippen molar-refractivity contribution in [2.75, 3.05) is 5.32 Å². The van der Waals surface area contributed by atoms with Crippen LogP contribution in [0.25, 0.3) is 0 Å². The number of hydrogen-bond acceptors (Lipinski definition) is 3. The van der Waals surface area contributed by atoms with Crippen molar-refractivity contribution in [3.05, 3.63) is 93.4 Å². The molecule has 1 unspecified atom stereocenters. The van der Waals surface area contributed by atoms with Gasteiger partial charge in [-0.2, -0.15) is 0 Å². The number of sulfonamides is 1. The molecule has 0 spiro atoms. The van der Waals surface area contributed by atoms with Gasteiger partial charge in [0.05, 0.1) is 10.9 Å². The van der Waals surface area contributed by atoms with Crippen molar-refractivity contribution < 1.29 is 13.2 Å². The molecule has 8 heteroatoms. The summed E-state index contributed by atoms with van der Waals surface area (Å²) in [6.45, 7) is 0. The predicted molar refractivity (Wildman–Crippen MR) is 121 cm³/mol. The lowest BCUT2D eigenvalue weighted by Crippen LogP contribution is -2.31. The number of rotatable bonds is 7. The highest BCUT2D eigenvalue weighted by atomic mass is 79.9. The monoisotopic (exact) mass is 536 g/mol. The zero-order chi connectivity index (χ0) is 20.9. The van der Waals surface area contributed by atoms with Crippen LogP contribution in [0.3, 0.4) is 0 Å². The molecule has 0 aliphatic heterocycles. The van der Waals surface area contributed by atoms with Crippen LogP contribution in [0, 0.1) is 0 Å². The van der Waals surface area contributed by atoms with Crippen molar-refractivity contribution in [1.82, 2.24) is 4.72 Å². The highest BCUT2D eigenvalue weighted by Crippen LogP contribution is 2.23. The molecule has 0 fully saturated rings. The minimum absolute atomic E-state index is 0.0458. The van der Waals surface area contributed by atoms with Crippen LogP contribution in [0.1, 0.15) is 18.0 Å². The van der Waals surface area contributed by atoms with Gasteiger partial charge in [0.1, 0.15) is 0 Å². The van der Waals surface area contributed by atoms with E-state index in [2.05, 4.69) is 41.9 Å². The van der Waals surface area contributed by atoms with Gasteiger partial charge in [-0.25, -0.2) is 13.1 Å². The van der Waals surface area contributed by atoms with Crippen LogP contribution in [-0.2, 0) is 14.8 Å². The molecule has 0 radical (unpaired) electrons. The Balaban J connectivity index is 1.80. The molecule has 0 aromatic heterocycles. The molecular formula is C21H18Br2N2O3S. The Bertz CT molecular complexity index is 1070. The van der Waals surface area contributed by atoms with Crippen molar-refractivity contribution >= 4 is 53.5 Å². The summed E-state index contributed by atoms with van der Waals surface area (Å²) in [5.74, 6) is -0.292. The molecule has 3 rings (SSSR count). The summed E-state index contributed by atoms with van der Waals surface area (Å²) in [7, 11) is -3.81. The molecule has 0 aliphatic carbocycles. The van der Waals surface area contributed by atoms with Crippen LogP contribution >= 0.6 is 31.9 Å². The van der Waals surface area contributed by atoms with Crippen molar-refractivity contribution in [1.29, 1.82) is 0 Å². The Labute approximate surface area is 186 Å². The van der Waals surface area contributed by atoms with E-state index in [9.17, 15) is 13.2 Å². The van der Waals surface area contributed by atoms with E-state index < -0.39 is 16.1 Å². The molecule has 3 aromatic rings. The summed E-state index contributed by atoms with van der Waals surface area (Å²) in [6.07, 6.45) is -0.0458. The van der Waals surface area contributed by atoms with Gasteiger partial charge < -0.3 is 5.32 Å². The first kappa shape index (κ1) is 21.7. The van der Waals surface area contributed by atoms with Crippen LogP contribution in [-0.4, -0.2) is 14.3 Å². The highest BCUT2D eigenvalue weighted by molar-refractivity contribution is 9.10. The van der Waals surface area contributed by atoms with Crippen LogP contribution in [0.4, 0.5) is 5.69 Å². The third-order valence-electron chi connectivity index (χ3n) is 4.14. The third-order valence-corrected chi connectivity index (χ3v) is 6.69. The standard InChI is InChI=1S/C21H18Br2N2O3S/c22-16-6-10-18(11-7-16)24-21(26)14-20(15-4-2-1-3-5-15)25-29(27,28)19-12-8-17(23)9-13-19/h1-13,20,25H,14H2,(H,24,26). The van der Waals surface area contributed by atoms with Gasteiger partial charge in [-0.15, -0.1) is 0 Å². The minimum Gasteiger partial charge on any atom is -0.326 e. The molecule has 0 bridgehead atoms. The molecule has 0 heterocycles. The lowest BCUT2D eigenvalue weighted by Gasteiger charge is -2.19. The molecule has 150 valence electrons. The molecule has 5 nitrogen and oxygen atoms in total. The maximum Gasteiger partial charge on any atom is 0.241 e. The molecule has 1 amide bonds. The number of carbonyl (C=O) groups is 1. The number of carbonyl (C=O) groups excluding carboxylic acids is 1. The number of hydrogen-bond donors (Lipinski definition) is 2. The Morgan fingerprint density at radius 1 is 0.828 bits per heavy atom. The number of amides is 1. The maximum absolute atomic E-state index is 12.8. The Morgan fingerprint density at radius 2 is 1.38 bits per heavy atom. The van der Waals surface area contributed by atoms with E-state index in [1.165, 1.54) is 12.1 Å². The van der Waals surface area contributed by atoms with Gasteiger partial charge in [0.25, 0.3) is 0 Å². The van der Waals surface area contributed by atoms with E-state index in [-0.39, 0.29) is 17.2 Å². The molecule has 0 saturated heterocycles. The first-order chi connectivity index (χ1) is 13.8. The van der Waals surface area contributed by atoms with Crippen molar-refractivity contribution in [3.63, 3.8) is 0 Å². The Morgan fingerprint density at radius 3 is 1.97 bits per heavy atom. The van der Waals surface area contributed by atoms with Gasteiger partial charge in [-0.05, 0) is 54.1 Å². The van der Waals surface area contributed by atoms with Crippen molar-refractivity contribution in [3.8, 4) is 0 Å².